The van der Waals surface area contributed by atoms with Gasteiger partial charge >= 0.3 is 16.1 Å². The third kappa shape index (κ3) is 4.36. The molecule has 0 bridgehead atoms. The normalized spacial score (nSPS) is 25.8. The lowest BCUT2D eigenvalue weighted by Gasteiger charge is -2.43. The molecule has 0 saturated carbocycles. The molecule has 3 aliphatic heterocycles. The largest absolute Gasteiger partial charge is 0.493 e. The van der Waals surface area contributed by atoms with Crippen molar-refractivity contribution in [2.45, 2.75) is 37.1 Å². The Morgan fingerprint density at radius 3 is 2.35 bits per heavy atom. The molecule has 3 aromatic carbocycles. The van der Waals surface area contributed by atoms with Crippen molar-refractivity contribution in [3.63, 3.8) is 0 Å². The minimum absolute atomic E-state index is 0.0981. The fourth-order valence-electron chi connectivity index (χ4n) is 7.78. The van der Waals surface area contributed by atoms with E-state index in [0.717, 1.165) is 11.2 Å². The zero-order chi connectivity index (χ0) is 36.8. The van der Waals surface area contributed by atoms with E-state index in [9.17, 15) is 41.1 Å². The molecule has 0 spiro atoms. The highest BCUT2D eigenvalue weighted by molar-refractivity contribution is 7.87. The van der Waals surface area contributed by atoms with E-state index >= 15 is 0 Å². The van der Waals surface area contributed by atoms with Crippen molar-refractivity contribution in [1.29, 1.82) is 0 Å². The number of hydrogen-bond donors (Lipinski definition) is 1. The van der Waals surface area contributed by atoms with Crippen molar-refractivity contribution in [2.75, 3.05) is 32.8 Å². The summed E-state index contributed by atoms with van der Waals surface area (Å²) in [7, 11) is -6.32. The molecule has 4 aliphatic rings. The maximum absolute atomic E-state index is 14.6. The standard InChI is InChI=1S/C33H27NO15S2/c1-31(12-46-50(5,40)41)30(38)48-32(2)11-15-8-14-6-7-16-23-21(14)27(22(15)29(37)34(31)32)49-51(42,43)13-33(23,39)24-25(35)17-9-19(44-3)20(45-4)10-18(17)47-28(24)26(16)36/h6-10,39H,11-13H2,1-5H3/t31-,32+,33+/m0/s1. The number of ketones is 1. The number of hydrogen-bond acceptors (Lipinski definition) is 15. The van der Waals surface area contributed by atoms with Gasteiger partial charge < -0.3 is 27.9 Å². The van der Waals surface area contributed by atoms with Crippen LogP contribution in [0, 0.1) is 0 Å². The second-order valence-electron chi connectivity index (χ2n) is 13.3. The van der Waals surface area contributed by atoms with E-state index in [-0.39, 0.29) is 61.9 Å². The number of rotatable bonds is 5. The van der Waals surface area contributed by atoms with Gasteiger partial charge in [-0.2, -0.15) is 16.8 Å². The molecule has 4 heterocycles. The smallest absolute Gasteiger partial charge is 0.336 e. The number of amides is 1. The average Bonchev–Trinajstić information content (AvgIpc) is 3.18. The summed E-state index contributed by atoms with van der Waals surface area (Å²) in [6.07, 6.45) is 0.576. The summed E-state index contributed by atoms with van der Waals surface area (Å²) in [6.45, 7) is 1.87. The van der Waals surface area contributed by atoms with Crippen LogP contribution in [0.2, 0.25) is 0 Å². The molecule has 3 atom stereocenters. The van der Waals surface area contributed by atoms with Crippen LogP contribution in [0.4, 0.5) is 0 Å². The quantitative estimate of drug-likeness (QED) is 0.226. The number of fused-ring (bicyclic) bond motifs is 6. The van der Waals surface area contributed by atoms with E-state index < -0.39 is 89.6 Å². The summed E-state index contributed by atoms with van der Waals surface area (Å²) in [5, 5.41) is 12.5. The first-order chi connectivity index (χ1) is 23.8. The first kappa shape index (κ1) is 33.1. The lowest BCUT2D eigenvalue weighted by molar-refractivity contribution is -0.151. The van der Waals surface area contributed by atoms with Crippen molar-refractivity contribution >= 4 is 59.6 Å². The van der Waals surface area contributed by atoms with Crippen LogP contribution < -0.4 is 19.1 Å². The molecular formula is C33H27NO15S2. The van der Waals surface area contributed by atoms with Gasteiger partial charge in [0.25, 0.3) is 16.0 Å². The van der Waals surface area contributed by atoms with Gasteiger partial charge in [0.15, 0.2) is 39.7 Å². The molecular weight excluding hydrogens is 714 g/mol. The molecule has 1 amide bonds. The SMILES string of the molecule is COc1cc2oc3c(c(=O)c2cc1OC)[C@@]1(O)CS(=O)(=O)Oc2c4c(cc5ccc(c1c25)C3=O)C[C@@]1(C)OC(=O)[C@](C)(COS(C)(=O)=O)N1C4=O. The molecule has 266 valence electrons. The van der Waals surface area contributed by atoms with E-state index in [1.165, 1.54) is 58.4 Å². The summed E-state index contributed by atoms with van der Waals surface area (Å²) >= 11 is 0. The van der Waals surface area contributed by atoms with Crippen LogP contribution in [0.1, 0.15) is 57.0 Å². The van der Waals surface area contributed by atoms with Gasteiger partial charge in [0, 0.05) is 29.0 Å². The van der Waals surface area contributed by atoms with Gasteiger partial charge in [-0.1, -0.05) is 6.07 Å². The Kier molecular flexibility index (Phi) is 6.53. The third-order valence-corrected chi connectivity index (χ3v) is 11.6. The van der Waals surface area contributed by atoms with Gasteiger partial charge in [-0.3, -0.25) is 23.5 Å². The maximum atomic E-state index is 14.6. The monoisotopic (exact) mass is 741 g/mol. The van der Waals surface area contributed by atoms with Crippen LogP contribution in [0.25, 0.3) is 21.7 Å². The fraction of sp³-hybridized carbons (Fsp3) is 0.333. The average molecular weight is 742 g/mol. The Labute approximate surface area is 288 Å². The van der Waals surface area contributed by atoms with Crippen LogP contribution in [0.5, 0.6) is 17.2 Å². The van der Waals surface area contributed by atoms with Gasteiger partial charge in [-0.25, -0.2) is 4.79 Å². The lowest BCUT2D eigenvalue weighted by atomic mass is 9.73. The summed E-state index contributed by atoms with van der Waals surface area (Å²) in [5.41, 5.74) is -8.75. The molecule has 1 aliphatic carbocycles. The molecule has 16 nitrogen and oxygen atoms in total. The van der Waals surface area contributed by atoms with Crippen molar-refractivity contribution in [3.05, 3.63) is 74.1 Å². The van der Waals surface area contributed by atoms with E-state index in [4.69, 9.17) is 27.0 Å². The highest BCUT2D eigenvalue weighted by atomic mass is 32.2. The Bertz CT molecular complexity index is 2650. The summed E-state index contributed by atoms with van der Waals surface area (Å²) in [5.74, 6) is -4.94. The van der Waals surface area contributed by atoms with Crippen molar-refractivity contribution in [1.82, 2.24) is 4.90 Å². The third-order valence-electron chi connectivity index (χ3n) is 9.82. The number of nitrogens with zero attached hydrogens (tertiary/aromatic N) is 1. The van der Waals surface area contributed by atoms with Gasteiger partial charge in [-0.15, -0.1) is 0 Å². The second kappa shape index (κ2) is 10.1. The number of carbonyl (C=O) groups is 3. The van der Waals surface area contributed by atoms with E-state index in [1.54, 1.807) is 0 Å². The molecule has 1 saturated heterocycles. The minimum Gasteiger partial charge on any atom is -0.493 e. The van der Waals surface area contributed by atoms with Crippen molar-refractivity contribution in [2.24, 2.45) is 0 Å². The highest BCUT2D eigenvalue weighted by Gasteiger charge is 2.64. The van der Waals surface area contributed by atoms with Crippen molar-refractivity contribution in [3.8, 4) is 17.2 Å². The van der Waals surface area contributed by atoms with E-state index in [0.29, 0.717) is 0 Å². The Morgan fingerprint density at radius 1 is 1.00 bits per heavy atom. The molecule has 51 heavy (non-hydrogen) atoms. The molecule has 18 heteroatoms. The van der Waals surface area contributed by atoms with Crippen LogP contribution in [0.15, 0.2) is 39.5 Å². The minimum atomic E-state index is -4.91. The Morgan fingerprint density at radius 2 is 1.69 bits per heavy atom. The maximum Gasteiger partial charge on any atom is 0.336 e. The number of aliphatic hydroxyl groups is 1. The van der Waals surface area contributed by atoms with E-state index in [1.807, 2.05) is 0 Å². The predicted molar refractivity (Wildman–Crippen MR) is 174 cm³/mol. The lowest BCUT2D eigenvalue weighted by Crippen LogP contribution is -2.61. The number of esters is 1. The van der Waals surface area contributed by atoms with Crippen LogP contribution >= 0.6 is 0 Å². The molecule has 8 rings (SSSR count). The topological polar surface area (TPSA) is 219 Å². The van der Waals surface area contributed by atoms with Crippen LogP contribution in [-0.2, 0) is 46.0 Å². The van der Waals surface area contributed by atoms with Gasteiger partial charge in [0.1, 0.15) is 23.5 Å². The summed E-state index contributed by atoms with van der Waals surface area (Å²) in [4.78, 5) is 57.3. The zero-order valence-electron chi connectivity index (χ0n) is 27.4. The first-order valence-corrected chi connectivity index (χ1v) is 18.6. The van der Waals surface area contributed by atoms with Crippen molar-refractivity contribution < 1.29 is 63.3 Å². The zero-order valence-corrected chi connectivity index (χ0v) is 29.1. The highest BCUT2D eigenvalue weighted by Crippen LogP contribution is 2.53. The molecule has 4 aromatic rings. The molecule has 1 aromatic heterocycles. The number of ether oxygens (including phenoxy) is 3. The molecule has 1 fully saturated rings. The Hall–Kier alpha value is -5.04. The number of methoxy groups -OCH3 is 2. The molecule has 0 unspecified atom stereocenters. The molecule has 0 radical (unpaired) electrons. The number of benzene rings is 3. The number of carbonyl (C=O) groups excluding carboxylic acids is 3. The Balaban J connectivity index is 1.43. The van der Waals surface area contributed by atoms with E-state index in [2.05, 4.69) is 0 Å². The predicted octanol–water partition coefficient (Wildman–Crippen LogP) is 1.47. The molecule has 1 N–H and O–H groups in total. The first-order valence-electron chi connectivity index (χ1n) is 15.2. The van der Waals surface area contributed by atoms with Gasteiger partial charge in [0.2, 0.25) is 5.78 Å². The fourth-order valence-corrected chi connectivity index (χ4v) is 9.51. The second-order valence-corrected chi connectivity index (χ2v) is 16.5. The summed E-state index contributed by atoms with van der Waals surface area (Å²) in [6, 6.07) is 6.90. The van der Waals surface area contributed by atoms with Gasteiger partial charge in [0.05, 0.1) is 37.0 Å². The van der Waals surface area contributed by atoms with Crippen LogP contribution in [0.3, 0.4) is 0 Å². The van der Waals surface area contributed by atoms with Gasteiger partial charge in [-0.05, 0) is 43.0 Å². The van der Waals surface area contributed by atoms with Crippen LogP contribution in [-0.4, -0.2) is 88.6 Å². The summed E-state index contributed by atoms with van der Waals surface area (Å²) < 4.78 is 84.3.